The van der Waals surface area contributed by atoms with Gasteiger partial charge in [-0.1, -0.05) is 45.3 Å². The van der Waals surface area contributed by atoms with Crippen molar-refractivity contribution in [1.29, 1.82) is 0 Å². The summed E-state index contributed by atoms with van der Waals surface area (Å²) in [6, 6.07) is 0. The van der Waals surface area contributed by atoms with E-state index in [0.717, 1.165) is 11.8 Å². The average molecular weight is 206 g/mol. The van der Waals surface area contributed by atoms with E-state index in [1.165, 1.54) is 44.9 Å². The molecule has 0 saturated heterocycles. The minimum atomic E-state index is 0.671. The van der Waals surface area contributed by atoms with Crippen molar-refractivity contribution in [1.82, 2.24) is 0 Å². The molecule has 86 valence electrons. The molecule has 0 N–H and O–H groups in total. The van der Waals surface area contributed by atoms with Crippen molar-refractivity contribution in [3.63, 3.8) is 0 Å². The van der Waals surface area contributed by atoms with Crippen LogP contribution in [0.4, 0.5) is 0 Å². The molecule has 0 aromatic heterocycles. The van der Waals surface area contributed by atoms with Gasteiger partial charge in [-0.05, 0) is 49.4 Å². The standard InChI is InChI=1S/C15H26/c1-4-15(10-5-6-11-15)13(3)14-9-7-8-12(14)2/h9,12-13H,4-8,10-11H2,1-3H3. The van der Waals surface area contributed by atoms with Crippen LogP contribution in [0.25, 0.3) is 0 Å². The van der Waals surface area contributed by atoms with Gasteiger partial charge in [-0.15, -0.1) is 0 Å². The van der Waals surface area contributed by atoms with Gasteiger partial charge in [0.25, 0.3) is 0 Å². The van der Waals surface area contributed by atoms with Crippen molar-refractivity contribution in [2.45, 2.75) is 65.7 Å². The van der Waals surface area contributed by atoms with Crippen molar-refractivity contribution < 1.29 is 0 Å². The number of hydrogen-bond acceptors (Lipinski definition) is 0. The summed E-state index contributed by atoms with van der Waals surface area (Å²) in [5.74, 6) is 1.71. The monoisotopic (exact) mass is 206 g/mol. The van der Waals surface area contributed by atoms with Gasteiger partial charge in [0.1, 0.15) is 0 Å². The fraction of sp³-hybridized carbons (Fsp3) is 0.867. The number of hydrogen-bond donors (Lipinski definition) is 0. The van der Waals surface area contributed by atoms with Crippen molar-refractivity contribution in [2.24, 2.45) is 17.3 Å². The van der Waals surface area contributed by atoms with Crippen LogP contribution in [0.3, 0.4) is 0 Å². The lowest BCUT2D eigenvalue weighted by atomic mass is 9.68. The largest absolute Gasteiger partial charge is 0.0847 e. The first kappa shape index (κ1) is 11.2. The van der Waals surface area contributed by atoms with Gasteiger partial charge in [0.05, 0.1) is 0 Å². The van der Waals surface area contributed by atoms with Gasteiger partial charge in [0.2, 0.25) is 0 Å². The predicted octanol–water partition coefficient (Wildman–Crippen LogP) is 4.95. The lowest BCUT2D eigenvalue weighted by molar-refractivity contribution is 0.192. The summed E-state index contributed by atoms with van der Waals surface area (Å²) >= 11 is 0. The summed E-state index contributed by atoms with van der Waals surface area (Å²) in [5.41, 5.74) is 2.46. The molecule has 0 heterocycles. The fourth-order valence-corrected chi connectivity index (χ4v) is 4.00. The van der Waals surface area contributed by atoms with E-state index in [1.807, 2.05) is 0 Å². The molecule has 1 fully saturated rings. The Morgan fingerprint density at radius 3 is 2.53 bits per heavy atom. The maximum absolute atomic E-state index is 2.55. The SMILES string of the molecule is CCC1(C(C)C2=CCCC2C)CCCC1. The van der Waals surface area contributed by atoms with E-state index in [0.29, 0.717) is 5.41 Å². The Balaban J connectivity index is 2.14. The Hall–Kier alpha value is -0.260. The highest BCUT2D eigenvalue weighted by Gasteiger charge is 2.40. The zero-order valence-corrected chi connectivity index (χ0v) is 10.7. The predicted molar refractivity (Wildman–Crippen MR) is 66.8 cm³/mol. The van der Waals surface area contributed by atoms with Crippen LogP contribution in [0.1, 0.15) is 65.7 Å². The fourth-order valence-electron chi connectivity index (χ4n) is 4.00. The Labute approximate surface area is 95.1 Å². The van der Waals surface area contributed by atoms with Gasteiger partial charge < -0.3 is 0 Å². The normalized spacial score (nSPS) is 31.7. The van der Waals surface area contributed by atoms with Crippen LogP contribution >= 0.6 is 0 Å². The molecule has 2 aliphatic carbocycles. The summed E-state index contributed by atoms with van der Waals surface area (Å²) in [4.78, 5) is 0. The van der Waals surface area contributed by atoms with Crippen molar-refractivity contribution >= 4 is 0 Å². The minimum Gasteiger partial charge on any atom is -0.0847 e. The lowest BCUT2D eigenvalue weighted by Gasteiger charge is -2.37. The third kappa shape index (κ3) is 1.88. The van der Waals surface area contributed by atoms with E-state index in [4.69, 9.17) is 0 Å². The minimum absolute atomic E-state index is 0.671. The molecule has 2 aliphatic rings. The quantitative estimate of drug-likeness (QED) is 0.573. The molecule has 0 aromatic rings. The number of allylic oxidation sites excluding steroid dienone is 2. The summed E-state index contributed by atoms with van der Waals surface area (Å²) in [7, 11) is 0. The molecule has 0 aromatic carbocycles. The molecule has 0 heteroatoms. The Morgan fingerprint density at radius 1 is 1.40 bits per heavy atom. The van der Waals surface area contributed by atoms with E-state index in [9.17, 15) is 0 Å². The highest BCUT2D eigenvalue weighted by Crippen LogP contribution is 2.51. The van der Waals surface area contributed by atoms with Gasteiger partial charge >= 0.3 is 0 Å². The first-order chi connectivity index (χ1) is 7.19. The molecule has 0 aliphatic heterocycles. The van der Waals surface area contributed by atoms with Gasteiger partial charge in [-0.2, -0.15) is 0 Å². The highest BCUT2D eigenvalue weighted by atomic mass is 14.4. The van der Waals surface area contributed by atoms with Gasteiger partial charge in [-0.25, -0.2) is 0 Å². The average Bonchev–Trinajstić information content (AvgIpc) is 2.86. The first-order valence-electron chi connectivity index (χ1n) is 6.89. The third-order valence-electron chi connectivity index (χ3n) is 5.27. The van der Waals surface area contributed by atoms with E-state index < -0.39 is 0 Å². The molecule has 2 atom stereocenters. The zero-order chi connectivity index (χ0) is 10.9. The maximum atomic E-state index is 2.55. The van der Waals surface area contributed by atoms with E-state index in [-0.39, 0.29) is 0 Å². The van der Waals surface area contributed by atoms with Gasteiger partial charge in [0.15, 0.2) is 0 Å². The Morgan fingerprint density at radius 2 is 2.07 bits per heavy atom. The molecule has 0 nitrogen and oxygen atoms in total. The second-order valence-corrected chi connectivity index (χ2v) is 5.83. The first-order valence-corrected chi connectivity index (χ1v) is 6.89. The van der Waals surface area contributed by atoms with Crippen molar-refractivity contribution in [3.05, 3.63) is 11.6 Å². The molecular weight excluding hydrogens is 180 g/mol. The number of rotatable bonds is 3. The van der Waals surface area contributed by atoms with Crippen LogP contribution in [-0.2, 0) is 0 Å². The Bertz CT molecular complexity index is 243. The zero-order valence-electron chi connectivity index (χ0n) is 10.7. The molecule has 2 unspecified atom stereocenters. The topological polar surface area (TPSA) is 0 Å². The van der Waals surface area contributed by atoms with E-state index in [1.54, 1.807) is 5.57 Å². The molecule has 0 bridgehead atoms. The second kappa shape index (κ2) is 4.31. The molecule has 1 saturated carbocycles. The van der Waals surface area contributed by atoms with Crippen LogP contribution in [-0.4, -0.2) is 0 Å². The molecule has 0 amide bonds. The van der Waals surface area contributed by atoms with Crippen LogP contribution in [0.5, 0.6) is 0 Å². The highest BCUT2D eigenvalue weighted by molar-refractivity contribution is 5.18. The maximum Gasteiger partial charge on any atom is -0.0172 e. The van der Waals surface area contributed by atoms with Crippen molar-refractivity contribution in [3.8, 4) is 0 Å². The molecule has 0 spiro atoms. The van der Waals surface area contributed by atoms with Gasteiger partial charge in [-0.3, -0.25) is 0 Å². The molecule has 15 heavy (non-hydrogen) atoms. The smallest absolute Gasteiger partial charge is 0.0172 e. The molecule has 0 radical (unpaired) electrons. The molecular formula is C15H26. The summed E-state index contributed by atoms with van der Waals surface area (Å²) in [6.07, 6.45) is 12.6. The van der Waals surface area contributed by atoms with Crippen LogP contribution in [0, 0.1) is 17.3 Å². The van der Waals surface area contributed by atoms with E-state index in [2.05, 4.69) is 26.8 Å². The second-order valence-electron chi connectivity index (χ2n) is 5.83. The van der Waals surface area contributed by atoms with Crippen LogP contribution < -0.4 is 0 Å². The summed E-state index contributed by atoms with van der Waals surface area (Å²) in [5, 5.41) is 0. The van der Waals surface area contributed by atoms with Crippen molar-refractivity contribution in [2.75, 3.05) is 0 Å². The van der Waals surface area contributed by atoms with E-state index >= 15 is 0 Å². The summed E-state index contributed by atoms with van der Waals surface area (Å²) < 4.78 is 0. The van der Waals surface area contributed by atoms with Crippen LogP contribution in [0.15, 0.2) is 11.6 Å². The van der Waals surface area contributed by atoms with Crippen LogP contribution in [0.2, 0.25) is 0 Å². The lowest BCUT2D eigenvalue weighted by Crippen LogP contribution is -2.27. The third-order valence-corrected chi connectivity index (χ3v) is 5.27. The molecule has 2 rings (SSSR count). The Kier molecular flexibility index (Phi) is 3.23. The van der Waals surface area contributed by atoms with Gasteiger partial charge in [0, 0.05) is 0 Å². The summed E-state index contributed by atoms with van der Waals surface area (Å²) in [6.45, 7) is 7.33.